The molecule has 32 heteroatoms. The summed E-state index contributed by atoms with van der Waals surface area (Å²) in [6.45, 7) is -3.05. The van der Waals surface area contributed by atoms with Gasteiger partial charge < -0.3 is 124 Å². The van der Waals surface area contributed by atoms with Gasteiger partial charge in [-0.15, -0.1) is 0 Å². The molecule has 5 heterocycles. The van der Waals surface area contributed by atoms with Gasteiger partial charge in [-0.3, -0.25) is 9.35 Å². The van der Waals surface area contributed by atoms with Crippen LogP contribution in [0.5, 0.6) is 0 Å². The molecule has 0 bridgehead atoms. The van der Waals surface area contributed by atoms with Crippen molar-refractivity contribution in [2.75, 3.05) is 33.5 Å². The molecule has 5 rings (SSSR count). The SMILES string of the molecule is COC(=O)[C@H]1O[C@@H](O[C@H]2[C@@H](O)[C@@H](CO)O[C@@H](O[C@H]3[C@H](O)[C@@H](NC(C)=O)[C@H](O[C@H]4[C@@H](O)[C@@H](CO)O[C@@H](O[C@H]5[C@H](O)[C@@H](O)[C@H](O)O[C@@H]5CO)[C@@H]4O)O[C@@H]3CO)[C@@H]2O)[C@H](O)[C@@H](OS(=O)(=O)O)[C@@H]1O. The fourth-order valence-corrected chi connectivity index (χ4v) is 8.27. The summed E-state index contributed by atoms with van der Waals surface area (Å²) < 4.78 is 91.0. The van der Waals surface area contributed by atoms with Crippen LogP contribution in [-0.2, 0) is 71.5 Å². The van der Waals surface area contributed by atoms with Crippen molar-refractivity contribution >= 4 is 22.3 Å². The summed E-state index contributed by atoms with van der Waals surface area (Å²) in [7, 11) is -4.62. The fourth-order valence-electron chi connectivity index (χ4n) is 7.76. The van der Waals surface area contributed by atoms with Crippen molar-refractivity contribution in [3.63, 3.8) is 0 Å². The molecule has 0 unspecified atom stereocenters. The lowest BCUT2D eigenvalue weighted by molar-refractivity contribution is -0.385. The normalized spacial score (nSPS) is 47.5. The van der Waals surface area contributed by atoms with E-state index in [4.69, 9.17) is 42.6 Å². The van der Waals surface area contributed by atoms with Crippen molar-refractivity contribution in [2.45, 2.75) is 160 Å². The zero-order valence-electron chi connectivity index (χ0n) is 34.0. The highest BCUT2D eigenvalue weighted by atomic mass is 32.3. The van der Waals surface area contributed by atoms with E-state index < -0.39 is 202 Å². The van der Waals surface area contributed by atoms with Crippen molar-refractivity contribution < 1.29 is 146 Å². The molecule has 5 aliphatic rings. The third-order valence-electron chi connectivity index (χ3n) is 11.1. The van der Waals surface area contributed by atoms with Gasteiger partial charge in [0.15, 0.2) is 37.6 Å². The minimum absolute atomic E-state index is 0.831. The van der Waals surface area contributed by atoms with E-state index in [0.717, 1.165) is 14.0 Å². The average molecular weight is 978 g/mol. The quantitative estimate of drug-likeness (QED) is 0.0504. The number of aliphatic hydroxyl groups excluding tert-OH is 14. The molecule has 16 N–H and O–H groups in total. The summed E-state index contributed by atoms with van der Waals surface area (Å²) in [5.74, 6) is -2.25. The number of nitrogens with one attached hydrogen (secondary N) is 1. The summed E-state index contributed by atoms with van der Waals surface area (Å²) in [4.78, 5) is 24.9. The van der Waals surface area contributed by atoms with Gasteiger partial charge in [-0.1, -0.05) is 0 Å². The third-order valence-corrected chi connectivity index (χ3v) is 11.5. The molecule has 25 atom stereocenters. The molecule has 0 spiro atoms. The number of hydrogen-bond acceptors (Lipinski definition) is 29. The van der Waals surface area contributed by atoms with Crippen molar-refractivity contribution in [3.8, 4) is 0 Å². The lowest BCUT2D eigenvalue weighted by Gasteiger charge is -2.50. The van der Waals surface area contributed by atoms with E-state index in [-0.39, 0.29) is 0 Å². The lowest BCUT2D eigenvalue weighted by atomic mass is 9.94. The first-order valence-corrected chi connectivity index (χ1v) is 21.0. The van der Waals surface area contributed by atoms with Gasteiger partial charge in [0.05, 0.1) is 33.5 Å². The zero-order chi connectivity index (χ0) is 48.4. The molecule has 0 aromatic heterocycles. The minimum Gasteiger partial charge on any atom is -0.467 e. The lowest BCUT2D eigenvalue weighted by Crippen LogP contribution is -2.70. The maximum atomic E-state index is 12.5. The van der Waals surface area contributed by atoms with Gasteiger partial charge in [0.2, 0.25) is 5.91 Å². The second kappa shape index (κ2) is 22.5. The van der Waals surface area contributed by atoms with Crippen molar-refractivity contribution in [1.29, 1.82) is 0 Å². The predicted octanol–water partition coefficient (Wildman–Crippen LogP) is -11.8. The predicted molar refractivity (Wildman–Crippen MR) is 193 cm³/mol. The van der Waals surface area contributed by atoms with Gasteiger partial charge in [0.1, 0.15) is 116 Å². The second-order valence-electron chi connectivity index (χ2n) is 15.4. The Hall–Kier alpha value is -2.11. The van der Waals surface area contributed by atoms with Gasteiger partial charge in [0, 0.05) is 6.92 Å². The molecule has 31 nitrogen and oxygen atoms in total. The number of rotatable bonds is 16. The van der Waals surface area contributed by atoms with Crippen LogP contribution in [0.2, 0.25) is 0 Å². The third kappa shape index (κ3) is 11.8. The molecular weight excluding hydrogens is 922 g/mol. The Morgan fingerprint density at radius 3 is 1.38 bits per heavy atom. The molecule has 5 fully saturated rings. The average Bonchev–Trinajstić information content (AvgIpc) is 3.25. The number of aliphatic hydroxyl groups is 14. The monoisotopic (exact) mass is 977 g/mol. The summed E-state index contributed by atoms with van der Waals surface area (Å²) in [6, 6.07) is -1.81. The van der Waals surface area contributed by atoms with Gasteiger partial charge in [-0.05, 0) is 0 Å². The van der Waals surface area contributed by atoms with E-state index in [9.17, 15) is 94.1 Å². The van der Waals surface area contributed by atoms with Crippen LogP contribution < -0.4 is 5.32 Å². The molecule has 65 heavy (non-hydrogen) atoms. The van der Waals surface area contributed by atoms with Gasteiger partial charge in [-0.25, -0.2) is 8.98 Å². The Morgan fingerprint density at radius 1 is 0.508 bits per heavy atom. The number of carbonyl (C=O) groups is 2. The molecule has 378 valence electrons. The first-order chi connectivity index (χ1) is 30.5. The Morgan fingerprint density at radius 2 is 0.923 bits per heavy atom. The van der Waals surface area contributed by atoms with Crippen LogP contribution in [0.25, 0.3) is 0 Å². The molecular formula is C33H55NO30S. The minimum atomic E-state index is -5.45. The van der Waals surface area contributed by atoms with Crippen LogP contribution in [0.4, 0.5) is 0 Å². The van der Waals surface area contributed by atoms with E-state index in [1.165, 1.54) is 0 Å². The number of ether oxygens (including phenoxy) is 10. The summed E-state index contributed by atoms with van der Waals surface area (Å²) >= 11 is 0. The van der Waals surface area contributed by atoms with Crippen molar-refractivity contribution in [2.24, 2.45) is 0 Å². The maximum Gasteiger partial charge on any atom is 0.397 e. The molecule has 5 aliphatic heterocycles. The molecule has 0 saturated carbocycles. The van der Waals surface area contributed by atoms with Crippen molar-refractivity contribution in [1.82, 2.24) is 5.32 Å². The van der Waals surface area contributed by atoms with E-state index in [2.05, 4.69) is 14.2 Å². The molecule has 0 aliphatic carbocycles. The van der Waals surface area contributed by atoms with Gasteiger partial charge in [-0.2, -0.15) is 8.42 Å². The molecule has 0 radical (unpaired) electrons. The van der Waals surface area contributed by atoms with Crippen LogP contribution in [0.15, 0.2) is 0 Å². The molecule has 0 aromatic carbocycles. The topological polar surface area (TPSA) is 485 Å². The van der Waals surface area contributed by atoms with Crippen molar-refractivity contribution in [3.05, 3.63) is 0 Å². The Kier molecular flexibility index (Phi) is 18.7. The molecule has 5 saturated heterocycles. The van der Waals surface area contributed by atoms with Crippen LogP contribution in [0, 0.1) is 0 Å². The van der Waals surface area contributed by atoms with Gasteiger partial charge >= 0.3 is 16.4 Å². The highest BCUT2D eigenvalue weighted by molar-refractivity contribution is 7.80. The molecule has 0 aromatic rings. The first kappa shape index (κ1) is 53.8. The second-order valence-corrected chi connectivity index (χ2v) is 16.5. The number of amides is 1. The van der Waals surface area contributed by atoms with E-state index >= 15 is 0 Å². The highest BCUT2D eigenvalue weighted by Crippen LogP contribution is 2.36. The van der Waals surface area contributed by atoms with E-state index in [1.807, 2.05) is 0 Å². The van der Waals surface area contributed by atoms with Crippen LogP contribution >= 0.6 is 0 Å². The number of methoxy groups -OCH3 is 1. The summed E-state index contributed by atoms with van der Waals surface area (Å²) in [5.41, 5.74) is 0. The largest absolute Gasteiger partial charge is 0.467 e. The number of carbonyl (C=O) groups excluding carboxylic acids is 2. The van der Waals surface area contributed by atoms with E-state index in [0.29, 0.717) is 0 Å². The highest BCUT2D eigenvalue weighted by Gasteiger charge is 2.58. The van der Waals surface area contributed by atoms with Gasteiger partial charge in [0.25, 0.3) is 0 Å². The number of esters is 1. The summed E-state index contributed by atoms with van der Waals surface area (Å²) in [6.07, 6.45) is -48.7. The number of hydrogen-bond donors (Lipinski definition) is 16. The van der Waals surface area contributed by atoms with Crippen LogP contribution in [0.3, 0.4) is 0 Å². The Balaban J connectivity index is 1.38. The molecule has 1 amide bonds. The summed E-state index contributed by atoms with van der Waals surface area (Å²) in [5, 5.41) is 151. The van der Waals surface area contributed by atoms with Crippen LogP contribution in [0.1, 0.15) is 6.92 Å². The fraction of sp³-hybridized carbons (Fsp3) is 0.939. The zero-order valence-corrected chi connectivity index (χ0v) is 34.8. The first-order valence-electron chi connectivity index (χ1n) is 19.7. The standard InChI is InChI=1S/C33H55NO30S/c1-7(39)34-12-15(42)22(11(6-38)58-30(12)61-24-13(40)8(3-35)57-32(19(24)46)60-23-10(5-37)55-28(49)17(44)16(23)43)59-31-20(47)25(14(41)9(4-36)56-31)62-33-21(48)26(64-65(51,52)53)18(45)27(63-33)29(50)54-2/h8-28,30-33,35-38,40-49H,3-6H2,1-2H3,(H,34,39)(H,51,52,53)/t8-,9-,10-,11-,12-,13+,14+,15-,16-,17-,18+,19-,20-,21-,22-,23-,24+,25+,26+,27+,28-,30+,31+,32+,33-/m1/s1. The van der Waals surface area contributed by atoms with E-state index in [1.54, 1.807) is 0 Å². The van der Waals surface area contributed by atoms with Crippen LogP contribution in [-0.4, -0.2) is 283 Å². The Labute approximate surface area is 366 Å². The maximum absolute atomic E-state index is 12.5. The smallest absolute Gasteiger partial charge is 0.397 e. The Bertz CT molecular complexity index is 1670.